The first-order valence-electron chi connectivity index (χ1n) is 9.17. The van der Waals surface area contributed by atoms with E-state index in [2.05, 4.69) is 4.90 Å². The van der Waals surface area contributed by atoms with E-state index in [1.165, 1.54) is 0 Å². The molecule has 1 aliphatic rings. The lowest BCUT2D eigenvalue weighted by Gasteiger charge is -2.35. The van der Waals surface area contributed by atoms with Gasteiger partial charge in [0.25, 0.3) is 5.56 Å². The van der Waals surface area contributed by atoms with Crippen molar-refractivity contribution in [1.29, 1.82) is 0 Å². The fourth-order valence-corrected chi connectivity index (χ4v) is 3.21. The quantitative estimate of drug-likeness (QED) is 0.760. The fourth-order valence-electron chi connectivity index (χ4n) is 3.21. The van der Waals surface area contributed by atoms with Crippen molar-refractivity contribution in [3.63, 3.8) is 0 Å². The summed E-state index contributed by atoms with van der Waals surface area (Å²) in [5.74, 6) is 0.421. The Morgan fingerprint density at radius 3 is 2.28 bits per heavy atom. The molecule has 1 aromatic carbocycles. The number of halogens is 3. The molecular weight excluding hydrogens is 387 g/mol. The number of rotatable bonds is 5. The van der Waals surface area contributed by atoms with E-state index in [9.17, 15) is 22.8 Å². The zero-order valence-electron chi connectivity index (χ0n) is 16.0. The third-order valence-corrected chi connectivity index (χ3v) is 4.91. The first-order valence-corrected chi connectivity index (χ1v) is 9.17. The van der Waals surface area contributed by atoms with Crippen LogP contribution in [0.25, 0.3) is 0 Å². The van der Waals surface area contributed by atoms with Crippen LogP contribution in [0.3, 0.4) is 0 Å². The van der Waals surface area contributed by atoms with Crippen molar-refractivity contribution >= 4 is 5.91 Å². The summed E-state index contributed by atoms with van der Waals surface area (Å²) in [5.41, 5.74) is -0.459. The van der Waals surface area contributed by atoms with E-state index in [4.69, 9.17) is 4.74 Å². The molecule has 9 heteroatoms. The average molecular weight is 409 g/mol. The molecule has 1 fully saturated rings. The minimum absolute atomic E-state index is 0.365. The number of aromatic nitrogens is 1. The van der Waals surface area contributed by atoms with Crippen LogP contribution in [0.2, 0.25) is 0 Å². The molecule has 2 aromatic rings. The van der Waals surface area contributed by atoms with E-state index >= 15 is 0 Å². The zero-order valence-corrected chi connectivity index (χ0v) is 16.0. The smallest absolute Gasteiger partial charge is 0.417 e. The summed E-state index contributed by atoms with van der Waals surface area (Å²) in [7, 11) is 1.61. The first kappa shape index (κ1) is 20.9. The molecule has 0 aliphatic carbocycles. The number of piperazine rings is 1. The lowest BCUT2D eigenvalue weighted by Crippen LogP contribution is -2.49. The van der Waals surface area contributed by atoms with Gasteiger partial charge in [-0.05, 0) is 23.8 Å². The van der Waals surface area contributed by atoms with Gasteiger partial charge in [-0.15, -0.1) is 0 Å². The normalized spacial score (nSPS) is 15.4. The van der Waals surface area contributed by atoms with Crippen LogP contribution in [-0.2, 0) is 24.1 Å². The second kappa shape index (κ2) is 8.69. The monoisotopic (exact) mass is 409 g/mol. The molecule has 0 spiro atoms. The van der Waals surface area contributed by atoms with Crippen LogP contribution in [0.15, 0.2) is 47.4 Å². The average Bonchev–Trinajstić information content (AvgIpc) is 2.70. The van der Waals surface area contributed by atoms with Gasteiger partial charge in [-0.25, -0.2) is 0 Å². The lowest BCUT2D eigenvalue weighted by atomic mass is 10.2. The summed E-state index contributed by atoms with van der Waals surface area (Å²) < 4.78 is 44.5. The van der Waals surface area contributed by atoms with Gasteiger partial charge in [-0.2, -0.15) is 13.2 Å². The van der Waals surface area contributed by atoms with Gasteiger partial charge in [0, 0.05) is 45.0 Å². The Hall–Kier alpha value is -2.81. The highest BCUT2D eigenvalue weighted by Gasteiger charge is 2.31. The van der Waals surface area contributed by atoms with Crippen LogP contribution in [0.4, 0.5) is 13.2 Å². The number of nitrogens with zero attached hydrogens (tertiary/aromatic N) is 3. The summed E-state index contributed by atoms with van der Waals surface area (Å²) in [4.78, 5) is 28.1. The van der Waals surface area contributed by atoms with Gasteiger partial charge in [0.05, 0.1) is 12.7 Å². The summed E-state index contributed by atoms with van der Waals surface area (Å²) in [6, 6.07) is 9.31. The molecule has 1 aromatic heterocycles. The molecule has 29 heavy (non-hydrogen) atoms. The number of carbonyl (C=O) groups is 1. The first-order chi connectivity index (χ1) is 13.8. The van der Waals surface area contributed by atoms with E-state index in [1.807, 2.05) is 24.3 Å². The maximum Gasteiger partial charge on any atom is 0.417 e. The standard InChI is InChI=1S/C20H22F3N3O3/c1-29-17-5-2-15(3-6-17)12-24-8-10-25(11-9-24)19(28)14-26-13-16(20(21,22)23)4-7-18(26)27/h2-7,13H,8-12,14H2,1H3. The molecule has 2 heterocycles. The molecule has 0 saturated carbocycles. The predicted molar refractivity (Wildman–Crippen MR) is 101 cm³/mol. The summed E-state index contributed by atoms with van der Waals surface area (Å²) in [5, 5.41) is 0. The minimum Gasteiger partial charge on any atom is -0.497 e. The van der Waals surface area contributed by atoms with Crippen molar-refractivity contribution in [2.24, 2.45) is 0 Å². The van der Waals surface area contributed by atoms with Gasteiger partial charge in [0.1, 0.15) is 12.3 Å². The highest BCUT2D eigenvalue weighted by Crippen LogP contribution is 2.28. The molecule has 3 rings (SSSR count). The summed E-state index contributed by atoms with van der Waals surface area (Å²) in [6.07, 6.45) is -3.87. The van der Waals surface area contributed by atoms with E-state index < -0.39 is 23.8 Å². The van der Waals surface area contributed by atoms with Crippen LogP contribution in [0.1, 0.15) is 11.1 Å². The molecule has 1 aliphatic heterocycles. The van der Waals surface area contributed by atoms with Gasteiger partial charge >= 0.3 is 6.18 Å². The van der Waals surface area contributed by atoms with Crippen molar-refractivity contribution in [1.82, 2.24) is 14.4 Å². The van der Waals surface area contributed by atoms with E-state index in [-0.39, 0.29) is 5.91 Å². The molecule has 156 valence electrons. The molecule has 6 nitrogen and oxygen atoms in total. The Morgan fingerprint density at radius 1 is 1.03 bits per heavy atom. The minimum atomic E-state index is -4.56. The SMILES string of the molecule is COc1ccc(CN2CCN(C(=O)Cn3cc(C(F)(F)F)ccc3=O)CC2)cc1. The van der Waals surface area contributed by atoms with Crippen molar-refractivity contribution in [2.45, 2.75) is 19.3 Å². The highest BCUT2D eigenvalue weighted by atomic mass is 19.4. The van der Waals surface area contributed by atoms with Gasteiger partial charge in [-0.1, -0.05) is 12.1 Å². The molecule has 0 N–H and O–H groups in total. The molecule has 1 amide bonds. The third-order valence-electron chi connectivity index (χ3n) is 4.91. The largest absolute Gasteiger partial charge is 0.497 e. The molecule has 1 saturated heterocycles. The van der Waals surface area contributed by atoms with Crippen molar-refractivity contribution in [3.8, 4) is 5.75 Å². The third kappa shape index (κ3) is 5.38. The van der Waals surface area contributed by atoms with Crippen LogP contribution in [-0.4, -0.2) is 53.6 Å². The number of hydrogen-bond acceptors (Lipinski definition) is 4. The molecule has 0 radical (unpaired) electrons. The fraction of sp³-hybridized carbons (Fsp3) is 0.400. The highest BCUT2D eigenvalue weighted by molar-refractivity contribution is 5.76. The Bertz CT molecular complexity index is 902. The summed E-state index contributed by atoms with van der Waals surface area (Å²) in [6.45, 7) is 2.55. The second-order valence-corrected chi connectivity index (χ2v) is 6.89. The number of ether oxygens (including phenoxy) is 1. The van der Waals surface area contributed by atoms with Crippen molar-refractivity contribution in [3.05, 3.63) is 64.1 Å². The Kier molecular flexibility index (Phi) is 6.26. The number of carbonyl (C=O) groups excluding carboxylic acids is 1. The molecule has 0 unspecified atom stereocenters. The van der Waals surface area contributed by atoms with Gasteiger partial charge in [0.2, 0.25) is 5.91 Å². The van der Waals surface area contributed by atoms with Crippen LogP contribution in [0.5, 0.6) is 5.75 Å². The van der Waals surface area contributed by atoms with Gasteiger partial charge < -0.3 is 14.2 Å². The Labute approximate surface area is 166 Å². The van der Waals surface area contributed by atoms with Crippen molar-refractivity contribution < 1.29 is 22.7 Å². The van der Waals surface area contributed by atoms with E-state index in [1.54, 1.807) is 12.0 Å². The van der Waals surface area contributed by atoms with Gasteiger partial charge in [0.15, 0.2) is 0 Å². The lowest BCUT2D eigenvalue weighted by molar-refractivity contribution is -0.139. The summed E-state index contributed by atoms with van der Waals surface area (Å²) >= 11 is 0. The Balaban J connectivity index is 1.55. The van der Waals surface area contributed by atoms with Crippen molar-refractivity contribution in [2.75, 3.05) is 33.3 Å². The topological polar surface area (TPSA) is 54.8 Å². The number of benzene rings is 1. The number of pyridine rings is 1. The number of amides is 1. The van der Waals surface area contributed by atoms with E-state index in [0.29, 0.717) is 32.4 Å². The Morgan fingerprint density at radius 2 is 1.69 bits per heavy atom. The van der Waals surface area contributed by atoms with Crippen LogP contribution >= 0.6 is 0 Å². The van der Waals surface area contributed by atoms with Gasteiger partial charge in [-0.3, -0.25) is 14.5 Å². The predicted octanol–water partition coefficient (Wildman–Crippen LogP) is 2.22. The number of hydrogen-bond donors (Lipinski definition) is 0. The molecule has 0 atom stereocenters. The van der Waals surface area contributed by atoms with Crippen LogP contribution < -0.4 is 10.3 Å². The maximum absolute atomic E-state index is 12.8. The molecule has 0 bridgehead atoms. The second-order valence-electron chi connectivity index (χ2n) is 6.89. The number of methoxy groups -OCH3 is 1. The van der Waals surface area contributed by atoms with E-state index in [0.717, 1.165) is 34.6 Å². The molecular formula is C20H22F3N3O3. The van der Waals surface area contributed by atoms with Crippen LogP contribution in [0, 0.1) is 0 Å². The zero-order chi connectivity index (χ0) is 21.0. The maximum atomic E-state index is 12.8. The number of alkyl halides is 3.